The molecule has 1 heteroatoms. The Morgan fingerprint density at radius 1 is 1.25 bits per heavy atom. The Balaban J connectivity index is 3.21. The Bertz CT molecular complexity index is 510. The van der Waals surface area contributed by atoms with Crippen molar-refractivity contribution in [1.29, 1.82) is 0 Å². The van der Waals surface area contributed by atoms with Crippen LogP contribution in [-0.4, -0.2) is 0 Å². The highest BCUT2D eigenvalue weighted by Crippen LogP contribution is 2.33. The van der Waals surface area contributed by atoms with Crippen molar-refractivity contribution < 1.29 is 0 Å². The van der Waals surface area contributed by atoms with Gasteiger partial charge < -0.3 is 0 Å². The first-order valence-electron chi connectivity index (χ1n) is 6.78. The zero-order chi connectivity index (χ0) is 14.8. The summed E-state index contributed by atoms with van der Waals surface area (Å²) in [6.45, 7) is 13.8. The molecule has 0 bridgehead atoms. The van der Waals surface area contributed by atoms with Crippen molar-refractivity contribution in [3.05, 3.63) is 95.2 Å². The normalized spacial score (nSPS) is 17.2. The number of hydrogen-bond acceptors (Lipinski definition) is 0. The van der Waals surface area contributed by atoms with Gasteiger partial charge in [0.1, 0.15) is 4.91 Å². The van der Waals surface area contributed by atoms with Crippen LogP contribution in [0, 0.1) is 0 Å². The molecule has 0 nitrogen and oxygen atoms in total. The summed E-state index contributed by atoms with van der Waals surface area (Å²) in [6.07, 6.45) is 22.7. The van der Waals surface area contributed by atoms with Crippen LogP contribution in [0.2, 0.25) is 0 Å². The summed E-state index contributed by atoms with van der Waals surface area (Å²) in [7, 11) is -0.111. The van der Waals surface area contributed by atoms with Crippen molar-refractivity contribution in [2.75, 3.05) is 0 Å². The molecule has 20 heavy (non-hydrogen) atoms. The van der Waals surface area contributed by atoms with E-state index in [1.807, 2.05) is 19.1 Å². The third kappa shape index (κ3) is 4.75. The zero-order valence-corrected chi connectivity index (χ0v) is 13.0. The van der Waals surface area contributed by atoms with Crippen molar-refractivity contribution >= 4 is 10.9 Å². The summed E-state index contributed by atoms with van der Waals surface area (Å²) in [6, 6.07) is 0. The van der Waals surface area contributed by atoms with Crippen LogP contribution in [0.25, 0.3) is 0 Å². The van der Waals surface area contributed by atoms with Gasteiger partial charge in [0.2, 0.25) is 0 Å². The number of hydrogen-bond donors (Lipinski definition) is 0. The molecule has 1 aliphatic carbocycles. The van der Waals surface area contributed by atoms with Crippen LogP contribution in [-0.2, 0) is 10.9 Å². The lowest BCUT2D eigenvalue weighted by atomic mass is 10.2. The summed E-state index contributed by atoms with van der Waals surface area (Å²) in [4.78, 5) is 3.79. The van der Waals surface area contributed by atoms with Crippen molar-refractivity contribution in [1.82, 2.24) is 0 Å². The van der Waals surface area contributed by atoms with Crippen molar-refractivity contribution in [3.8, 4) is 0 Å². The van der Waals surface area contributed by atoms with E-state index in [4.69, 9.17) is 0 Å². The minimum atomic E-state index is -0.111. The van der Waals surface area contributed by atoms with E-state index in [-0.39, 0.29) is 10.9 Å². The van der Waals surface area contributed by atoms with Crippen LogP contribution >= 0.6 is 0 Å². The van der Waals surface area contributed by atoms with E-state index >= 15 is 0 Å². The molecule has 0 fully saturated rings. The van der Waals surface area contributed by atoms with Crippen molar-refractivity contribution in [2.45, 2.75) is 19.8 Å². The lowest BCUT2D eigenvalue weighted by molar-refractivity contribution is 1.02. The largest absolute Gasteiger partial charge is 0.165 e. The van der Waals surface area contributed by atoms with Crippen LogP contribution in [0.15, 0.2) is 95.2 Å². The topological polar surface area (TPSA) is 0 Å². The second-order valence-electron chi connectivity index (χ2n) is 4.27. The van der Waals surface area contributed by atoms with Gasteiger partial charge in [0.25, 0.3) is 0 Å². The average Bonchev–Trinajstić information content (AvgIpc) is 2.47. The van der Waals surface area contributed by atoms with Gasteiger partial charge in [0.15, 0.2) is 9.81 Å². The first kappa shape index (κ1) is 16.3. The van der Waals surface area contributed by atoms with E-state index < -0.39 is 0 Å². The molecule has 0 heterocycles. The smallest absolute Gasteiger partial charge is 0.0991 e. The van der Waals surface area contributed by atoms with Crippen LogP contribution in [0.1, 0.15) is 19.8 Å². The summed E-state index contributed by atoms with van der Waals surface area (Å²) in [5, 5.41) is 0. The molecule has 1 aliphatic rings. The Hall–Kier alpha value is -1.73. The first-order chi connectivity index (χ1) is 9.74. The quantitative estimate of drug-likeness (QED) is 0.413. The predicted molar refractivity (Wildman–Crippen MR) is 95.4 cm³/mol. The lowest BCUT2D eigenvalue weighted by Gasteiger charge is -2.12. The fourth-order valence-corrected chi connectivity index (χ4v) is 4.14. The third-order valence-electron chi connectivity index (χ3n) is 2.77. The molecule has 1 unspecified atom stereocenters. The summed E-state index contributed by atoms with van der Waals surface area (Å²) in [5.74, 6) is 0. The summed E-state index contributed by atoms with van der Waals surface area (Å²) >= 11 is 0. The highest BCUT2D eigenvalue weighted by molar-refractivity contribution is 8.07. The highest BCUT2D eigenvalue weighted by Gasteiger charge is 2.31. The van der Waals surface area contributed by atoms with Crippen molar-refractivity contribution in [3.63, 3.8) is 0 Å². The van der Waals surface area contributed by atoms with Gasteiger partial charge in [-0.05, 0) is 44.2 Å². The number of allylic oxidation sites excluding steroid dienone is 11. The molecular formula is C19H23S+. The average molecular weight is 283 g/mol. The Morgan fingerprint density at radius 3 is 2.60 bits per heavy atom. The maximum atomic E-state index is 4.26. The van der Waals surface area contributed by atoms with Crippen LogP contribution in [0.5, 0.6) is 0 Å². The molecule has 0 spiro atoms. The third-order valence-corrected chi connectivity index (χ3v) is 5.04. The SMILES string of the molecule is C=C/C=C\C(=C)[S+](C1=CC=CCC1)C(/C=C\C)=C/C=C. The van der Waals surface area contributed by atoms with Gasteiger partial charge in [-0.15, -0.1) is 0 Å². The predicted octanol–water partition coefficient (Wildman–Crippen LogP) is 5.74. The molecule has 0 saturated carbocycles. The fourth-order valence-electron chi connectivity index (χ4n) is 1.94. The minimum Gasteiger partial charge on any atom is -0.0991 e. The van der Waals surface area contributed by atoms with Gasteiger partial charge in [0.05, 0.1) is 10.9 Å². The van der Waals surface area contributed by atoms with E-state index in [2.05, 4.69) is 62.3 Å². The molecule has 0 aliphatic heterocycles. The molecule has 1 atom stereocenters. The molecular weight excluding hydrogens is 260 g/mol. The first-order valence-corrected chi connectivity index (χ1v) is 8.00. The van der Waals surface area contributed by atoms with Crippen LogP contribution in [0.3, 0.4) is 0 Å². The molecule has 0 aromatic carbocycles. The molecule has 104 valence electrons. The molecule has 0 aromatic rings. The van der Waals surface area contributed by atoms with Gasteiger partial charge >= 0.3 is 0 Å². The molecule has 0 amide bonds. The second-order valence-corrected chi connectivity index (χ2v) is 6.40. The highest BCUT2D eigenvalue weighted by atomic mass is 32.2. The van der Waals surface area contributed by atoms with E-state index in [9.17, 15) is 0 Å². The van der Waals surface area contributed by atoms with Gasteiger partial charge in [-0.1, -0.05) is 49.6 Å². The Labute approximate surface area is 126 Å². The minimum absolute atomic E-state index is 0.111. The molecule has 0 N–H and O–H groups in total. The van der Waals surface area contributed by atoms with Crippen LogP contribution < -0.4 is 0 Å². The van der Waals surface area contributed by atoms with Crippen molar-refractivity contribution in [2.24, 2.45) is 0 Å². The Kier molecular flexibility index (Phi) is 7.52. The van der Waals surface area contributed by atoms with Gasteiger partial charge in [0, 0.05) is 6.42 Å². The van der Waals surface area contributed by atoms with E-state index in [0.29, 0.717) is 0 Å². The van der Waals surface area contributed by atoms with E-state index in [0.717, 1.165) is 17.7 Å². The second kappa shape index (κ2) is 9.22. The monoisotopic (exact) mass is 283 g/mol. The number of rotatable bonds is 7. The molecule has 0 saturated heterocycles. The van der Waals surface area contributed by atoms with E-state index in [1.165, 1.54) is 9.81 Å². The van der Waals surface area contributed by atoms with Crippen LogP contribution in [0.4, 0.5) is 0 Å². The molecule has 1 rings (SSSR count). The fraction of sp³-hybridized carbons (Fsp3) is 0.158. The standard InChI is InChI=1S/C19H23S/c1-5-8-14-17(4)20(18(12-6-2)13-7-3)19-15-10-9-11-16-19/h5-10,12-15H,1-2,4,11,16H2,3H3/q+1/b13-7-,14-8-,18-12+. The zero-order valence-electron chi connectivity index (χ0n) is 12.2. The summed E-state index contributed by atoms with van der Waals surface area (Å²) in [5.41, 5.74) is 0. The maximum Gasteiger partial charge on any atom is 0.165 e. The van der Waals surface area contributed by atoms with E-state index in [1.54, 1.807) is 6.08 Å². The lowest BCUT2D eigenvalue weighted by Crippen LogP contribution is -2.10. The maximum absolute atomic E-state index is 4.26. The Morgan fingerprint density at radius 2 is 2.05 bits per heavy atom. The molecule has 0 aromatic heterocycles. The van der Waals surface area contributed by atoms with Gasteiger partial charge in [-0.2, -0.15) is 0 Å². The van der Waals surface area contributed by atoms with Gasteiger partial charge in [-0.3, -0.25) is 0 Å². The molecule has 0 radical (unpaired) electrons. The van der Waals surface area contributed by atoms with Gasteiger partial charge in [-0.25, -0.2) is 0 Å². The summed E-state index contributed by atoms with van der Waals surface area (Å²) < 4.78 is 0.